The molecular formula is C23H30N4O4S2. The van der Waals surface area contributed by atoms with E-state index in [1.54, 1.807) is 29.6 Å². The molecule has 1 aliphatic carbocycles. The van der Waals surface area contributed by atoms with Gasteiger partial charge in [-0.25, -0.2) is 8.42 Å². The van der Waals surface area contributed by atoms with Crippen molar-refractivity contribution >= 4 is 33.2 Å². The molecule has 33 heavy (non-hydrogen) atoms. The molecule has 0 radical (unpaired) electrons. The monoisotopic (exact) mass is 490 g/mol. The van der Waals surface area contributed by atoms with E-state index in [1.807, 2.05) is 18.2 Å². The Bertz CT molecular complexity index is 1050. The third-order valence-electron chi connectivity index (χ3n) is 6.60. The molecule has 4 rings (SSSR count). The lowest BCUT2D eigenvalue weighted by molar-refractivity contribution is -0.133. The van der Waals surface area contributed by atoms with Crippen LogP contribution in [0.25, 0.3) is 0 Å². The van der Waals surface area contributed by atoms with E-state index in [-0.39, 0.29) is 17.9 Å². The normalized spacial score (nSPS) is 23.6. The van der Waals surface area contributed by atoms with Crippen molar-refractivity contribution in [2.45, 2.75) is 42.0 Å². The molecule has 0 unspecified atom stereocenters. The Labute approximate surface area is 198 Å². The van der Waals surface area contributed by atoms with Crippen molar-refractivity contribution in [1.29, 1.82) is 0 Å². The third-order valence-corrected chi connectivity index (χ3v) is 9.87. The topological polar surface area (TPSA) is 113 Å². The molecule has 2 heterocycles. The first kappa shape index (κ1) is 23.9. The summed E-state index contributed by atoms with van der Waals surface area (Å²) in [6, 6.07) is 11.6. The van der Waals surface area contributed by atoms with Crippen LogP contribution in [0.5, 0.6) is 0 Å². The number of carbonyl (C=O) groups is 2. The van der Waals surface area contributed by atoms with Gasteiger partial charge in [0.15, 0.2) is 0 Å². The molecule has 2 aliphatic rings. The van der Waals surface area contributed by atoms with E-state index >= 15 is 0 Å². The first-order valence-electron chi connectivity index (χ1n) is 11.3. The smallest absolute Gasteiger partial charge is 0.252 e. The van der Waals surface area contributed by atoms with E-state index in [2.05, 4.69) is 10.2 Å². The van der Waals surface area contributed by atoms with E-state index in [4.69, 9.17) is 5.73 Å². The number of carbonyl (C=O) groups excluding carboxylic acids is 2. The predicted molar refractivity (Wildman–Crippen MR) is 127 cm³/mol. The summed E-state index contributed by atoms with van der Waals surface area (Å²) in [5.41, 5.74) is 6.26. The zero-order valence-electron chi connectivity index (χ0n) is 18.4. The van der Waals surface area contributed by atoms with Gasteiger partial charge in [0.05, 0.1) is 5.92 Å². The van der Waals surface area contributed by atoms with Gasteiger partial charge in [0.25, 0.3) is 10.0 Å². The fraction of sp³-hybridized carbons (Fsp3) is 0.478. The molecule has 2 amide bonds. The minimum absolute atomic E-state index is 0.0228. The van der Waals surface area contributed by atoms with Crippen molar-refractivity contribution in [3.63, 3.8) is 0 Å². The average molecular weight is 491 g/mol. The van der Waals surface area contributed by atoms with Crippen LogP contribution in [-0.4, -0.2) is 61.7 Å². The van der Waals surface area contributed by atoms with Gasteiger partial charge >= 0.3 is 0 Å². The maximum atomic E-state index is 13.3. The summed E-state index contributed by atoms with van der Waals surface area (Å²) in [7, 11) is -3.46. The van der Waals surface area contributed by atoms with Crippen LogP contribution in [0, 0.1) is 5.92 Å². The minimum Gasteiger partial charge on any atom is -0.368 e. The highest BCUT2D eigenvalue weighted by molar-refractivity contribution is 7.91. The van der Waals surface area contributed by atoms with Gasteiger partial charge in [0, 0.05) is 32.2 Å². The highest BCUT2D eigenvalue weighted by atomic mass is 32.2. The Balaban J connectivity index is 1.42. The highest BCUT2D eigenvalue weighted by Gasteiger charge is 2.39. The number of amides is 2. The van der Waals surface area contributed by atoms with Gasteiger partial charge in [-0.3, -0.25) is 14.5 Å². The second-order valence-electron chi connectivity index (χ2n) is 8.59. The fourth-order valence-electron chi connectivity index (χ4n) is 4.88. The summed E-state index contributed by atoms with van der Waals surface area (Å²) in [5, 5.41) is 4.65. The number of thiophene rings is 1. The molecule has 1 aromatic heterocycles. The Morgan fingerprint density at radius 2 is 1.70 bits per heavy atom. The Kier molecular flexibility index (Phi) is 7.48. The summed E-state index contributed by atoms with van der Waals surface area (Å²) >= 11 is 1.23. The number of nitrogens with two attached hydrogens (primary N) is 1. The van der Waals surface area contributed by atoms with E-state index in [9.17, 15) is 18.0 Å². The number of hydrogen-bond acceptors (Lipinski definition) is 6. The number of benzene rings is 1. The molecule has 2 aromatic rings. The Morgan fingerprint density at radius 3 is 2.33 bits per heavy atom. The quantitative estimate of drug-likeness (QED) is 0.616. The van der Waals surface area contributed by atoms with Crippen LogP contribution in [-0.2, 0) is 19.6 Å². The molecule has 178 valence electrons. The maximum Gasteiger partial charge on any atom is 0.252 e. The standard InChI is InChI=1S/C23H30N4O4S2/c24-22(28)21(17-7-2-1-3-8-17)25-23(29)18-9-4-5-10-19(18)26-12-14-27(15-13-26)33(30,31)20-11-6-16-32-20/h1-3,6-8,11,16,18-19,21H,4-5,9-10,12-15H2,(H2,24,28)(H,25,29)/t18-,19-,21+/m1/s1. The Morgan fingerprint density at radius 1 is 1.00 bits per heavy atom. The molecule has 1 aromatic carbocycles. The van der Waals surface area contributed by atoms with Crippen LogP contribution in [0.4, 0.5) is 0 Å². The molecule has 3 atom stereocenters. The number of nitrogens with one attached hydrogen (secondary N) is 1. The van der Waals surface area contributed by atoms with Crippen molar-refractivity contribution in [2.24, 2.45) is 11.7 Å². The lowest BCUT2D eigenvalue weighted by Crippen LogP contribution is -2.56. The van der Waals surface area contributed by atoms with E-state index in [1.165, 1.54) is 15.6 Å². The summed E-state index contributed by atoms with van der Waals surface area (Å²) < 4.78 is 27.6. The molecule has 8 nitrogen and oxygen atoms in total. The predicted octanol–water partition coefficient (Wildman–Crippen LogP) is 1.96. The molecule has 3 N–H and O–H groups in total. The molecule has 0 bridgehead atoms. The summed E-state index contributed by atoms with van der Waals surface area (Å²) in [6.07, 6.45) is 3.60. The van der Waals surface area contributed by atoms with Gasteiger partial charge in [-0.15, -0.1) is 11.3 Å². The van der Waals surface area contributed by atoms with Crippen LogP contribution in [0.15, 0.2) is 52.1 Å². The molecule has 10 heteroatoms. The van der Waals surface area contributed by atoms with Gasteiger partial charge < -0.3 is 11.1 Å². The van der Waals surface area contributed by atoms with Crippen LogP contribution in [0.2, 0.25) is 0 Å². The second-order valence-corrected chi connectivity index (χ2v) is 11.7. The minimum atomic E-state index is -3.46. The van der Waals surface area contributed by atoms with E-state index < -0.39 is 22.0 Å². The zero-order valence-corrected chi connectivity index (χ0v) is 20.1. The first-order valence-corrected chi connectivity index (χ1v) is 13.6. The van der Waals surface area contributed by atoms with Crippen molar-refractivity contribution in [3.05, 3.63) is 53.4 Å². The number of hydrogen-bond donors (Lipinski definition) is 2. The molecule has 1 saturated heterocycles. The Hall–Kier alpha value is -2.27. The molecule has 0 spiro atoms. The number of sulfonamides is 1. The van der Waals surface area contributed by atoms with Gasteiger partial charge in [0.2, 0.25) is 11.8 Å². The summed E-state index contributed by atoms with van der Waals surface area (Å²) in [5.74, 6) is -1.01. The van der Waals surface area contributed by atoms with Gasteiger partial charge in [-0.05, 0) is 29.9 Å². The van der Waals surface area contributed by atoms with Gasteiger partial charge in [-0.2, -0.15) is 4.31 Å². The van der Waals surface area contributed by atoms with Crippen molar-refractivity contribution in [2.75, 3.05) is 26.2 Å². The van der Waals surface area contributed by atoms with Crippen molar-refractivity contribution in [3.8, 4) is 0 Å². The molecule has 1 aliphatic heterocycles. The van der Waals surface area contributed by atoms with Crippen LogP contribution < -0.4 is 11.1 Å². The number of nitrogens with zero attached hydrogens (tertiary/aromatic N) is 2. The first-order chi connectivity index (χ1) is 15.9. The number of rotatable bonds is 7. The maximum absolute atomic E-state index is 13.3. The van der Waals surface area contributed by atoms with E-state index in [0.717, 1.165) is 25.7 Å². The van der Waals surface area contributed by atoms with Crippen LogP contribution in [0.3, 0.4) is 0 Å². The van der Waals surface area contributed by atoms with E-state index in [0.29, 0.717) is 36.0 Å². The van der Waals surface area contributed by atoms with Gasteiger partial charge in [0.1, 0.15) is 10.3 Å². The third kappa shape index (κ3) is 5.29. The van der Waals surface area contributed by atoms with Crippen LogP contribution >= 0.6 is 11.3 Å². The van der Waals surface area contributed by atoms with Crippen molar-refractivity contribution < 1.29 is 18.0 Å². The zero-order chi connectivity index (χ0) is 23.4. The average Bonchev–Trinajstić information content (AvgIpc) is 3.39. The summed E-state index contributed by atoms with van der Waals surface area (Å²) in [6.45, 7) is 1.96. The summed E-state index contributed by atoms with van der Waals surface area (Å²) in [4.78, 5) is 27.6. The largest absolute Gasteiger partial charge is 0.368 e. The molecule has 2 fully saturated rings. The number of piperazine rings is 1. The van der Waals surface area contributed by atoms with Crippen LogP contribution in [0.1, 0.15) is 37.3 Å². The lowest BCUT2D eigenvalue weighted by Gasteiger charge is -2.43. The van der Waals surface area contributed by atoms with Gasteiger partial charge in [-0.1, -0.05) is 49.2 Å². The SMILES string of the molecule is NC(=O)[C@@H](NC(=O)[C@@H]1CCCC[C@H]1N1CCN(S(=O)(=O)c2cccs2)CC1)c1ccccc1. The fourth-order valence-corrected chi connectivity index (χ4v) is 7.45. The highest BCUT2D eigenvalue weighted by Crippen LogP contribution is 2.31. The molecule has 1 saturated carbocycles. The number of primary amides is 1. The lowest BCUT2D eigenvalue weighted by atomic mass is 9.82. The molecular weight excluding hydrogens is 460 g/mol. The van der Waals surface area contributed by atoms with Crippen molar-refractivity contribution in [1.82, 2.24) is 14.5 Å². The second kappa shape index (κ2) is 10.3.